The second-order valence-electron chi connectivity index (χ2n) is 4.15. The van der Waals surface area contributed by atoms with E-state index in [9.17, 15) is 0 Å². The third-order valence-corrected chi connectivity index (χ3v) is 2.48. The number of rotatable bonds is 9. The van der Waals surface area contributed by atoms with Crippen LogP contribution in [0.25, 0.3) is 0 Å². The Bertz CT molecular complexity index is 110. The second-order valence-corrected chi connectivity index (χ2v) is 6.13. The van der Waals surface area contributed by atoms with Crippen LogP contribution in [-0.2, 0) is 0 Å². The van der Waals surface area contributed by atoms with Gasteiger partial charge in [0.05, 0.1) is 0 Å². The zero-order chi connectivity index (χ0) is 13.5. The number of hydrogen-bond donors (Lipinski definition) is 0. The molecule has 17 heavy (non-hydrogen) atoms. The van der Waals surface area contributed by atoms with Crippen LogP contribution < -0.4 is 0 Å². The summed E-state index contributed by atoms with van der Waals surface area (Å²) in [5.41, 5.74) is 0. The van der Waals surface area contributed by atoms with Crippen LogP contribution in [0, 0.1) is 0 Å². The van der Waals surface area contributed by atoms with Crippen molar-refractivity contribution in [3.05, 3.63) is 0 Å². The third kappa shape index (κ3) is 22.5. The Hall–Kier alpha value is 0.830. The summed E-state index contributed by atoms with van der Waals surface area (Å²) in [6.07, 6.45) is 8.09. The van der Waals surface area contributed by atoms with Crippen LogP contribution in [0.3, 0.4) is 0 Å². The quantitative estimate of drug-likeness (QED) is 0.496. The summed E-state index contributed by atoms with van der Waals surface area (Å²) < 4.78 is -0.750. The van der Waals surface area contributed by atoms with E-state index in [1.807, 2.05) is 0 Å². The molecule has 0 rings (SSSR count). The maximum absolute atomic E-state index is 4.81. The Morgan fingerprint density at radius 1 is 0.706 bits per heavy atom. The molecule has 0 aromatic carbocycles. The van der Waals surface area contributed by atoms with Crippen molar-refractivity contribution in [1.82, 2.24) is 4.90 Å². The van der Waals surface area contributed by atoms with Gasteiger partial charge in [0, 0.05) is 0 Å². The van der Waals surface area contributed by atoms with Gasteiger partial charge in [0.2, 0.25) is 0 Å². The van der Waals surface area contributed by atoms with Gasteiger partial charge >= 0.3 is 0 Å². The average molecular weight is 305 g/mol. The predicted molar refractivity (Wildman–Crippen MR) is 82.5 cm³/mol. The molecular formula is C13H28Cl3N. The van der Waals surface area contributed by atoms with Crippen molar-refractivity contribution in [3.8, 4) is 0 Å². The summed E-state index contributed by atoms with van der Waals surface area (Å²) in [5.74, 6) is 0. The van der Waals surface area contributed by atoms with Gasteiger partial charge in [-0.25, -0.2) is 0 Å². The fourth-order valence-corrected chi connectivity index (χ4v) is 1.48. The molecule has 0 N–H and O–H groups in total. The maximum atomic E-state index is 4.81. The van der Waals surface area contributed by atoms with E-state index in [4.69, 9.17) is 34.8 Å². The van der Waals surface area contributed by atoms with E-state index < -0.39 is 4.30 Å². The first kappa shape index (κ1) is 20.2. The largest absolute Gasteiger partial charge is 0.303 e. The highest BCUT2D eigenvalue weighted by molar-refractivity contribution is 6.63. The van der Waals surface area contributed by atoms with Gasteiger partial charge in [0.25, 0.3) is 0 Å². The van der Waals surface area contributed by atoms with Crippen molar-refractivity contribution in [2.24, 2.45) is 0 Å². The molecule has 0 saturated carbocycles. The average Bonchev–Trinajstić information content (AvgIpc) is 2.27. The van der Waals surface area contributed by atoms with Crippen LogP contribution in [0.15, 0.2) is 0 Å². The van der Waals surface area contributed by atoms with Crippen molar-refractivity contribution in [3.63, 3.8) is 0 Å². The van der Waals surface area contributed by atoms with Crippen LogP contribution in [0.2, 0.25) is 0 Å². The van der Waals surface area contributed by atoms with Gasteiger partial charge in [-0.2, -0.15) is 0 Å². The van der Waals surface area contributed by atoms with Crippen LogP contribution in [0.1, 0.15) is 59.3 Å². The smallest absolute Gasteiger partial charge is 0.180 e. The molecule has 0 aliphatic carbocycles. The first-order chi connectivity index (χ1) is 8.08. The molecule has 106 valence electrons. The molecule has 0 aliphatic heterocycles. The lowest BCUT2D eigenvalue weighted by atomic mass is 10.2. The number of nitrogens with zero attached hydrogens (tertiary/aromatic N) is 1. The van der Waals surface area contributed by atoms with Crippen LogP contribution in [-0.4, -0.2) is 28.8 Å². The van der Waals surface area contributed by atoms with Crippen molar-refractivity contribution < 1.29 is 0 Å². The molecule has 1 nitrogen and oxygen atoms in total. The van der Waals surface area contributed by atoms with Gasteiger partial charge in [-0.05, 0) is 38.9 Å². The minimum Gasteiger partial charge on any atom is -0.303 e. The van der Waals surface area contributed by atoms with Crippen LogP contribution in [0.5, 0.6) is 0 Å². The summed E-state index contributed by atoms with van der Waals surface area (Å²) in [5, 5.41) is 0. The van der Waals surface area contributed by atoms with Gasteiger partial charge < -0.3 is 4.90 Å². The molecule has 0 heterocycles. The molecule has 0 fully saturated rings. The van der Waals surface area contributed by atoms with Gasteiger partial charge in [-0.15, -0.1) is 0 Å². The third-order valence-electron chi connectivity index (χ3n) is 2.48. The monoisotopic (exact) mass is 303 g/mol. The molecule has 4 heteroatoms. The van der Waals surface area contributed by atoms with E-state index in [0.717, 1.165) is 0 Å². The van der Waals surface area contributed by atoms with E-state index in [0.29, 0.717) is 0 Å². The molecule has 0 atom stereocenters. The fourth-order valence-electron chi connectivity index (χ4n) is 1.48. The second kappa shape index (κ2) is 16.8. The molecule has 0 radical (unpaired) electrons. The Morgan fingerprint density at radius 3 is 1.12 bits per heavy atom. The summed E-state index contributed by atoms with van der Waals surface area (Å²) in [7, 11) is 0. The van der Waals surface area contributed by atoms with Crippen molar-refractivity contribution in [1.29, 1.82) is 0 Å². The van der Waals surface area contributed by atoms with E-state index in [-0.39, 0.29) is 0 Å². The van der Waals surface area contributed by atoms with E-state index >= 15 is 0 Å². The molecule has 0 aromatic heterocycles. The highest BCUT2D eigenvalue weighted by Crippen LogP contribution is 2.03. The lowest BCUT2D eigenvalue weighted by molar-refractivity contribution is 0.261. The number of unbranched alkanes of at least 4 members (excludes halogenated alkanes) is 3. The first-order valence-electron chi connectivity index (χ1n) is 6.72. The molecule has 0 saturated heterocycles. The lowest BCUT2D eigenvalue weighted by Crippen LogP contribution is -2.27. The Kier molecular flexibility index (Phi) is 20.0. The Balaban J connectivity index is 0. The van der Waals surface area contributed by atoms with E-state index in [2.05, 4.69) is 25.7 Å². The molecule has 0 spiro atoms. The summed E-state index contributed by atoms with van der Waals surface area (Å²) >= 11 is 14.4. The maximum Gasteiger partial charge on any atom is 0.180 e. The molecule has 0 aliphatic rings. The van der Waals surface area contributed by atoms with Gasteiger partial charge in [0.15, 0.2) is 4.30 Å². The summed E-state index contributed by atoms with van der Waals surface area (Å²) in [6, 6.07) is 0. The minimum absolute atomic E-state index is 0.750. The van der Waals surface area contributed by atoms with Crippen molar-refractivity contribution in [2.45, 2.75) is 63.6 Å². The standard InChI is InChI=1S/C12H27N.CHCl3/c1-4-7-10-13(11-8-5-2)12-9-6-3;2-1(3)4/h4-12H2,1-3H3;1H. The number of halogens is 3. The predicted octanol–water partition coefficient (Wildman–Crippen LogP) is 5.68. The lowest BCUT2D eigenvalue weighted by Gasteiger charge is -2.21. The molecule has 0 unspecified atom stereocenters. The number of alkyl halides is 3. The zero-order valence-electron chi connectivity index (χ0n) is 11.5. The van der Waals surface area contributed by atoms with E-state index in [1.54, 1.807) is 0 Å². The van der Waals surface area contributed by atoms with Crippen molar-refractivity contribution >= 4 is 34.8 Å². The van der Waals surface area contributed by atoms with Crippen molar-refractivity contribution in [2.75, 3.05) is 19.6 Å². The Morgan fingerprint density at radius 2 is 0.941 bits per heavy atom. The van der Waals surface area contributed by atoms with Gasteiger partial charge in [0.1, 0.15) is 0 Å². The molecule has 0 bridgehead atoms. The first-order valence-corrected chi connectivity index (χ1v) is 8.03. The fraction of sp³-hybridized carbons (Fsp3) is 1.00. The topological polar surface area (TPSA) is 3.24 Å². The molecular weight excluding hydrogens is 277 g/mol. The summed E-state index contributed by atoms with van der Waals surface area (Å²) in [6.45, 7) is 10.8. The zero-order valence-corrected chi connectivity index (χ0v) is 13.8. The van der Waals surface area contributed by atoms with Gasteiger partial charge in [-0.3, -0.25) is 0 Å². The molecule has 0 aromatic rings. The van der Waals surface area contributed by atoms with Crippen LogP contribution >= 0.6 is 34.8 Å². The minimum atomic E-state index is -0.750. The highest BCUT2D eigenvalue weighted by Gasteiger charge is 2.01. The number of hydrogen-bond acceptors (Lipinski definition) is 1. The normalized spacial score (nSPS) is 10.6. The van der Waals surface area contributed by atoms with Gasteiger partial charge in [-0.1, -0.05) is 74.8 Å². The SMILES string of the molecule is CCCCN(CCCC)CCCC.ClC(Cl)Cl. The van der Waals surface area contributed by atoms with E-state index in [1.165, 1.54) is 58.2 Å². The van der Waals surface area contributed by atoms with Crippen LogP contribution in [0.4, 0.5) is 0 Å². The molecule has 0 amide bonds. The highest BCUT2D eigenvalue weighted by atomic mass is 35.6. The summed E-state index contributed by atoms with van der Waals surface area (Å²) in [4.78, 5) is 2.64. The Labute approximate surface area is 123 Å².